The second-order valence-electron chi connectivity index (χ2n) is 8.05. The largest absolute Gasteiger partial charge is 0.467 e. The van der Waals surface area contributed by atoms with E-state index in [1.54, 1.807) is 36.4 Å². The number of anilines is 1. The van der Waals surface area contributed by atoms with Crippen LogP contribution in [0.4, 0.5) is 5.69 Å². The molecule has 3 amide bonds. The second-order valence-corrected chi connectivity index (χ2v) is 8.05. The molecule has 0 unspecified atom stereocenters. The highest BCUT2D eigenvalue weighted by atomic mass is 16.3. The zero-order chi connectivity index (χ0) is 23.9. The first-order valence-corrected chi connectivity index (χ1v) is 10.9. The Kier molecular flexibility index (Phi) is 4.77. The van der Waals surface area contributed by atoms with Crippen LogP contribution in [-0.4, -0.2) is 27.6 Å². The summed E-state index contributed by atoms with van der Waals surface area (Å²) in [7, 11) is 0. The predicted octanol–water partition coefficient (Wildman–Crippen LogP) is 5.14. The molecule has 2 aromatic heterocycles. The van der Waals surface area contributed by atoms with Crippen molar-refractivity contribution in [1.29, 1.82) is 0 Å². The van der Waals surface area contributed by atoms with Crippen molar-refractivity contribution in [2.24, 2.45) is 0 Å². The molecule has 3 aromatic carbocycles. The summed E-state index contributed by atoms with van der Waals surface area (Å²) < 4.78 is 11.0. The number of oxazole rings is 1. The van der Waals surface area contributed by atoms with Crippen LogP contribution in [0.5, 0.6) is 0 Å². The summed E-state index contributed by atoms with van der Waals surface area (Å²) in [4.78, 5) is 43.9. The van der Waals surface area contributed by atoms with Crippen LogP contribution in [0.1, 0.15) is 36.8 Å². The van der Waals surface area contributed by atoms with Gasteiger partial charge in [0, 0.05) is 16.8 Å². The van der Waals surface area contributed by atoms with Crippen LogP contribution in [0.15, 0.2) is 94.0 Å². The van der Waals surface area contributed by atoms with E-state index in [0.717, 1.165) is 16.0 Å². The summed E-state index contributed by atoms with van der Waals surface area (Å²) in [6, 6.07) is 22.5. The highest BCUT2D eigenvalue weighted by molar-refractivity contribution is 6.22. The third-order valence-corrected chi connectivity index (χ3v) is 5.81. The minimum Gasteiger partial charge on any atom is -0.467 e. The lowest BCUT2D eigenvalue weighted by Crippen LogP contribution is -2.28. The van der Waals surface area contributed by atoms with Crippen LogP contribution in [0.25, 0.3) is 22.6 Å². The lowest BCUT2D eigenvalue weighted by molar-refractivity contribution is 0.0631. The Balaban J connectivity index is 1.19. The molecule has 8 nitrogen and oxygen atoms in total. The van der Waals surface area contributed by atoms with Crippen LogP contribution in [0.3, 0.4) is 0 Å². The van der Waals surface area contributed by atoms with E-state index in [9.17, 15) is 14.4 Å². The third kappa shape index (κ3) is 3.67. The number of hydrogen-bond donors (Lipinski definition) is 1. The summed E-state index contributed by atoms with van der Waals surface area (Å²) in [6.45, 7) is 0.0350. The summed E-state index contributed by atoms with van der Waals surface area (Å²) in [5, 5.41) is 2.81. The van der Waals surface area contributed by atoms with Gasteiger partial charge >= 0.3 is 0 Å². The molecule has 5 aromatic rings. The number of benzene rings is 3. The van der Waals surface area contributed by atoms with E-state index in [1.165, 1.54) is 24.5 Å². The highest BCUT2D eigenvalue weighted by Gasteiger charge is 2.36. The Morgan fingerprint density at radius 1 is 0.886 bits per heavy atom. The molecule has 1 N–H and O–H groups in total. The number of nitrogens with zero attached hydrogens (tertiary/aromatic N) is 2. The number of fused-ring (bicyclic) bond motifs is 2. The molecule has 6 rings (SSSR count). The molecule has 1 aliphatic heterocycles. The summed E-state index contributed by atoms with van der Waals surface area (Å²) in [6.07, 6.45) is 1.48. The van der Waals surface area contributed by atoms with Crippen LogP contribution in [0.2, 0.25) is 0 Å². The molecule has 170 valence electrons. The number of hydrogen-bond acceptors (Lipinski definition) is 6. The summed E-state index contributed by atoms with van der Waals surface area (Å²) in [5.41, 5.74) is 3.54. The predicted molar refractivity (Wildman–Crippen MR) is 127 cm³/mol. The van der Waals surface area contributed by atoms with Crippen molar-refractivity contribution in [3.8, 4) is 11.5 Å². The van der Waals surface area contributed by atoms with Crippen LogP contribution in [-0.2, 0) is 6.54 Å². The van der Waals surface area contributed by atoms with Gasteiger partial charge in [0.2, 0.25) is 5.89 Å². The Morgan fingerprint density at radius 3 is 2.46 bits per heavy atom. The minimum atomic E-state index is -0.460. The number of nitrogens with one attached hydrogen (secondary N) is 1. The number of carbonyl (C=O) groups is 3. The van der Waals surface area contributed by atoms with Gasteiger partial charge in [0.25, 0.3) is 17.7 Å². The molecule has 3 heterocycles. The van der Waals surface area contributed by atoms with Crippen molar-refractivity contribution in [3.05, 3.63) is 108 Å². The number of aromatic nitrogens is 1. The lowest BCUT2D eigenvalue weighted by atomic mass is 10.1. The fourth-order valence-corrected chi connectivity index (χ4v) is 4.03. The maximum atomic E-state index is 12.8. The molecule has 0 aliphatic carbocycles. The van der Waals surface area contributed by atoms with Gasteiger partial charge in [-0.25, -0.2) is 4.98 Å². The Labute approximate surface area is 198 Å². The van der Waals surface area contributed by atoms with E-state index in [4.69, 9.17) is 8.83 Å². The average molecular weight is 463 g/mol. The number of imide groups is 1. The fourth-order valence-electron chi connectivity index (χ4n) is 4.03. The zero-order valence-corrected chi connectivity index (χ0v) is 18.2. The summed E-state index contributed by atoms with van der Waals surface area (Å²) >= 11 is 0. The van der Waals surface area contributed by atoms with Gasteiger partial charge in [-0.1, -0.05) is 12.1 Å². The molecular formula is C27H17N3O5. The number of furan rings is 1. The summed E-state index contributed by atoms with van der Waals surface area (Å²) in [5.74, 6) is -0.280. The first-order valence-electron chi connectivity index (χ1n) is 10.9. The van der Waals surface area contributed by atoms with Crippen molar-refractivity contribution in [2.75, 3.05) is 5.32 Å². The fraction of sp³-hybridized carbons (Fsp3) is 0.0370. The minimum absolute atomic E-state index is 0.0350. The van der Waals surface area contributed by atoms with Gasteiger partial charge in [-0.05, 0) is 66.7 Å². The van der Waals surface area contributed by atoms with Gasteiger partial charge in [0.15, 0.2) is 5.58 Å². The zero-order valence-electron chi connectivity index (χ0n) is 18.2. The quantitative estimate of drug-likeness (QED) is 0.362. The van der Waals surface area contributed by atoms with Crippen LogP contribution in [0, 0.1) is 0 Å². The maximum absolute atomic E-state index is 12.8. The molecule has 0 fully saturated rings. The topological polar surface area (TPSA) is 106 Å². The molecule has 1 aliphatic rings. The van der Waals surface area contributed by atoms with Gasteiger partial charge < -0.3 is 14.2 Å². The first kappa shape index (κ1) is 20.6. The monoisotopic (exact) mass is 463 g/mol. The van der Waals surface area contributed by atoms with Gasteiger partial charge in [-0.15, -0.1) is 0 Å². The molecule has 0 bridgehead atoms. The Hall–Kier alpha value is -4.98. The van der Waals surface area contributed by atoms with E-state index >= 15 is 0 Å². The molecular weight excluding hydrogens is 446 g/mol. The standard InChI is InChI=1S/C27H17N3O5/c31-24(28-18-10-7-16(8-11-18)25-29-22-5-1-2-6-23(22)35-25)17-9-12-20-21(14-17)27(33)30(26(20)32)15-19-4-3-13-34-19/h1-14H,15H2,(H,28,31). The van der Waals surface area contributed by atoms with E-state index in [2.05, 4.69) is 10.3 Å². The highest BCUT2D eigenvalue weighted by Crippen LogP contribution is 2.27. The third-order valence-electron chi connectivity index (χ3n) is 5.81. The van der Waals surface area contributed by atoms with Crippen LogP contribution < -0.4 is 5.32 Å². The van der Waals surface area contributed by atoms with Crippen LogP contribution >= 0.6 is 0 Å². The van der Waals surface area contributed by atoms with Crippen molar-refractivity contribution in [3.63, 3.8) is 0 Å². The van der Waals surface area contributed by atoms with Gasteiger partial charge in [-0.2, -0.15) is 0 Å². The van der Waals surface area contributed by atoms with Crippen molar-refractivity contribution in [2.45, 2.75) is 6.54 Å². The molecule has 0 radical (unpaired) electrons. The SMILES string of the molecule is O=C(Nc1ccc(-c2nc3ccccc3o2)cc1)c1ccc2c(c1)C(=O)N(Cc1ccco1)C2=O. The van der Waals surface area contributed by atoms with E-state index in [-0.39, 0.29) is 23.2 Å². The van der Waals surface area contributed by atoms with E-state index in [0.29, 0.717) is 22.9 Å². The average Bonchev–Trinajstić information content (AvgIpc) is 3.60. The Bertz CT molecular complexity index is 1570. The van der Waals surface area contributed by atoms with E-state index in [1.807, 2.05) is 24.3 Å². The van der Waals surface area contributed by atoms with Crippen molar-refractivity contribution < 1.29 is 23.2 Å². The Morgan fingerprint density at radius 2 is 1.69 bits per heavy atom. The van der Waals surface area contributed by atoms with Gasteiger partial charge in [0.05, 0.1) is 23.9 Å². The van der Waals surface area contributed by atoms with E-state index < -0.39 is 17.7 Å². The smallest absolute Gasteiger partial charge is 0.261 e. The molecule has 0 saturated carbocycles. The van der Waals surface area contributed by atoms with Crippen molar-refractivity contribution in [1.82, 2.24) is 9.88 Å². The maximum Gasteiger partial charge on any atom is 0.261 e. The molecule has 8 heteroatoms. The molecule has 0 spiro atoms. The number of para-hydroxylation sites is 2. The number of carbonyl (C=O) groups excluding carboxylic acids is 3. The molecule has 0 saturated heterocycles. The van der Waals surface area contributed by atoms with Gasteiger partial charge in [0.1, 0.15) is 11.3 Å². The molecule has 35 heavy (non-hydrogen) atoms. The lowest BCUT2D eigenvalue weighted by Gasteiger charge is -2.11. The first-order chi connectivity index (χ1) is 17.1. The molecule has 0 atom stereocenters. The number of rotatable bonds is 5. The number of amides is 3. The second kappa shape index (κ2) is 8.11. The van der Waals surface area contributed by atoms with Crippen molar-refractivity contribution >= 4 is 34.5 Å². The van der Waals surface area contributed by atoms with Gasteiger partial charge in [-0.3, -0.25) is 19.3 Å². The normalized spacial score (nSPS) is 12.9.